The zero-order valence-electron chi connectivity index (χ0n) is 17.3. The molecule has 0 spiro atoms. The summed E-state index contributed by atoms with van der Waals surface area (Å²) in [5.41, 5.74) is 2.15. The molecule has 1 aliphatic rings. The quantitative estimate of drug-likeness (QED) is 0.461. The van der Waals surface area contributed by atoms with Crippen molar-refractivity contribution in [3.05, 3.63) is 42.0 Å². The lowest BCUT2D eigenvalue weighted by Gasteiger charge is -2.17. The van der Waals surface area contributed by atoms with Gasteiger partial charge < -0.3 is 15.4 Å². The normalized spacial score (nSPS) is 13.5. The van der Waals surface area contributed by atoms with Crippen LogP contribution in [0.15, 0.2) is 41.3 Å². The van der Waals surface area contributed by atoms with Crippen molar-refractivity contribution in [3.8, 4) is 5.75 Å². The number of nitrogens with one attached hydrogen (secondary N) is 3. The Morgan fingerprint density at radius 1 is 1.22 bits per heavy atom. The van der Waals surface area contributed by atoms with Crippen LogP contribution in [0, 0.1) is 0 Å². The van der Waals surface area contributed by atoms with Gasteiger partial charge in [-0.3, -0.25) is 9.59 Å². The molecule has 2 aromatic carbocycles. The van der Waals surface area contributed by atoms with E-state index in [1.807, 2.05) is 25.1 Å². The first kappa shape index (κ1) is 22.2. The Balaban J connectivity index is 1.33. The fraction of sp³-hybridized carbons (Fsp3) is 0.286. The standard InChI is InChI=1S/C21H22N4O5S2/c1-2-30-14-4-6-17-18(12-14)31-21(24-17)25-20(27)9-10-22-32(28,29)15-5-7-16-13(11-15)3-8-19(26)23-16/h4-7,11-12,22H,2-3,8-10H2,1H3,(H,23,26)(H,24,25,27). The Morgan fingerprint density at radius 2 is 2.06 bits per heavy atom. The van der Waals surface area contributed by atoms with Gasteiger partial charge in [-0.15, -0.1) is 0 Å². The zero-order chi connectivity index (χ0) is 22.7. The maximum absolute atomic E-state index is 12.6. The molecule has 11 heteroatoms. The zero-order valence-corrected chi connectivity index (χ0v) is 18.9. The van der Waals surface area contributed by atoms with E-state index in [4.69, 9.17) is 4.74 Å². The second-order valence-electron chi connectivity index (χ2n) is 7.14. The molecule has 2 amide bonds. The van der Waals surface area contributed by atoms with E-state index in [0.29, 0.717) is 30.3 Å². The van der Waals surface area contributed by atoms with Crippen LogP contribution in [0.3, 0.4) is 0 Å². The minimum atomic E-state index is -3.78. The van der Waals surface area contributed by atoms with E-state index in [1.54, 1.807) is 12.1 Å². The number of hydrogen-bond acceptors (Lipinski definition) is 7. The molecule has 0 aliphatic carbocycles. The summed E-state index contributed by atoms with van der Waals surface area (Å²) in [7, 11) is -3.78. The molecule has 3 N–H and O–H groups in total. The van der Waals surface area contributed by atoms with Crippen LogP contribution >= 0.6 is 11.3 Å². The first-order valence-corrected chi connectivity index (χ1v) is 12.4. The smallest absolute Gasteiger partial charge is 0.240 e. The lowest BCUT2D eigenvalue weighted by molar-refractivity contribution is -0.117. The van der Waals surface area contributed by atoms with Crippen molar-refractivity contribution in [1.82, 2.24) is 9.71 Å². The number of anilines is 2. The average molecular weight is 475 g/mol. The van der Waals surface area contributed by atoms with Gasteiger partial charge in [-0.1, -0.05) is 11.3 Å². The number of hydrogen-bond donors (Lipinski definition) is 3. The van der Waals surface area contributed by atoms with Gasteiger partial charge in [0.25, 0.3) is 0 Å². The van der Waals surface area contributed by atoms with Gasteiger partial charge in [0.2, 0.25) is 21.8 Å². The summed E-state index contributed by atoms with van der Waals surface area (Å²) in [4.78, 5) is 28.2. The molecule has 0 radical (unpaired) electrons. The largest absolute Gasteiger partial charge is 0.494 e. The van der Waals surface area contributed by atoms with E-state index in [1.165, 1.54) is 17.4 Å². The van der Waals surface area contributed by atoms with Gasteiger partial charge in [-0.2, -0.15) is 0 Å². The van der Waals surface area contributed by atoms with Gasteiger partial charge in [-0.05, 0) is 55.3 Å². The number of carbonyl (C=O) groups is 2. The van der Waals surface area contributed by atoms with Gasteiger partial charge in [0.1, 0.15) is 5.75 Å². The number of fused-ring (bicyclic) bond motifs is 2. The van der Waals surface area contributed by atoms with Crippen LogP contribution in [-0.2, 0) is 26.0 Å². The van der Waals surface area contributed by atoms with Crippen molar-refractivity contribution in [3.63, 3.8) is 0 Å². The lowest BCUT2D eigenvalue weighted by Crippen LogP contribution is -2.28. The predicted molar refractivity (Wildman–Crippen MR) is 123 cm³/mol. The van der Waals surface area contributed by atoms with E-state index in [2.05, 4.69) is 20.3 Å². The van der Waals surface area contributed by atoms with Crippen LogP contribution in [0.4, 0.5) is 10.8 Å². The summed E-state index contributed by atoms with van der Waals surface area (Å²) in [5.74, 6) is 0.311. The van der Waals surface area contributed by atoms with Crippen LogP contribution in [0.5, 0.6) is 5.75 Å². The third-order valence-corrected chi connectivity index (χ3v) is 7.24. The highest BCUT2D eigenvalue weighted by Gasteiger charge is 2.20. The first-order chi connectivity index (χ1) is 15.3. The highest BCUT2D eigenvalue weighted by atomic mass is 32.2. The topological polar surface area (TPSA) is 126 Å². The molecule has 9 nitrogen and oxygen atoms in total. The second kappa shape index (κ2) is 9.23. The molecule has 0 unspecified atom stereocenters. The van der Waals surface area contributed by atoms with E-state index in [-0.39, 0.29) is 29.7 Å². The Morgan fingerprint density at radius 3 is 2.88 bits per heavy atom. The minimum Gasteiger partial charge on any atom is -0.494 e. The van der Waals surface area contributed by atoms with E-state index in [9.17, 15) is 18.0 Å². The fourth-order valence-electron chi connectivity index (χ4n) is 3.31. The summed E-state index contributed by atoms with van der Waals surface area (Å²) in [6.07, 6.45) is 0.768. The maximum Gasteiger partial charge on any atom is 0.240 e. The van der Waals surface area contributed by atoms with Crippen molar-refractivity contribution in [1.29, 1.82) is 0 Å². The Hall–Kier alpha value is -3.02. The van der Waals surface area contributed by atoms with E-state index < -0.39 is 10.0 Å². The molecule has 3 aromatic rings. The van der Waals surface area contributed by atoms with Crippen molar-refractivity contribution in [2.75, 3.05) is 23.8 Å². The molecule has 0 atom stereocenters. The van der Waals surface area contributed by atoms with Crippen molar-refractivity contribution >= 4 is 54.2 Å². The van der Waals surface area contributed by atoms with Crippen LogP contribution in [0.1, 0.15) is 25.3 Å². The highest BCUT2D eigenvalue weighted by Crippen LogP contribution is 2.29. The van der Waals surface area contributed by atoms with Crippen molar-refractivity contribution in [2.24, 2.45) is 0 Å². The number of aryl methyl sites for hydroxylation is 1. The lowest BCUT2D eigenvalue weighted by atomic mass is 10.0. The number of amides is 2. The molecule has 1 aromatic heterocycles. The molecule has 0 saturated carbocycles. The van der Waals surface area contributed by atoms with Gasteiger partial charge in [-0.25, -0.2) is 18.1 Å². The summed E-state index contributed by atoms with van der Waals surface area (Å²) in [6, 6.07) is 10.1. The fourth-order valence-corrected chi connectivity index (χ4v) is 5.30. The van der Waals surface area contributed by atoms with Gasteiger partial charge in [0.15, 0.2) is 5.13 Å². The second-order valence-corrected chi connectivity index (χ2v) is 9.94. The number of thiazole rings is 1. The molecule has 168 valence electrons. The van der Waals surface area contributed by atoms with Crippen LogP contribution in [-0.4, -0.2) is 38.4 Å². The predicted octanol–water partition coefficient (Wildman–Crippen LogP) is 2.89. The Labute approximate surface area is 189 Å². The third-order valence-electron chi connectivity index (χ3n) is 4.84. The first-order valence-electron chi connectivity index (χ1n) is 10.1. The molecular weight excluding hydrogens is 452 g/mol. The number of ether oxygens (including phenoxy) is 1. The SMILES string of the molecule is CCOc1ccc2nc(NC(=O)CCNS(=O)(=O)c3ccc4c(c3)CCC(=O)N4)sc2c1. The number of nitrogens with zero attached hydrogens (tertiary/aromatic N) is 1. The summed E-state index contributed by atoms with van der Waals surface area (Å²) >= 11 is 1.32. The van der Waals surface area contributed by atoms with Crippen molar-refractivity contribution < 1.29 is 22.7 Å². The minimum absolute atomic E-state index is 0.0413. The average Bonchev–Trinajstić information content (AvgIpc) is 3.14. The van der Waals surface area contributed by atoms with Crippen LogP contribution in [0.2, 0.25) is 0 Å². The highest BCUT2D eigenvalue weighted by molar-refractivity contribution is 7.89. The van der Waals surface area contributed by atoms with Crippen molar-refractivity contribution in [2.45, 2.75) is 31.1 Å². The molecular formula is C21H22N4O5S2. The Bertz CT molecular complexity index is 1290. The number of carbonyl (C=O) groups excluding carboxylic acids is 2. The van der Waals surface area contributed by atoms with E-state index in [0.717, 1.165) is 21.5 Å². The monoisotopic (exact) mass is 474 g/mol. The third kappa shape index (κ3) is 5.06. The van der Waals surface area contributed by atoms with Gasteiger partial charge in [0.05, 0.1) is 21.7 Å². The molecule has 0 saturated heterocycles. The Kier molecular flexibility index (Phi) is 6.40. The molecule has 32 heavy (non-hydrogen) atoms. The molecule has 1 aliphatic heterocycles. The molecule has 0 bridgehead atoms. The van der Waals surface area contributed by atoms with E-state index >= 15 is 0 Å². The maximum atomic E-state index is 12.6. The van der Waals surface area contributed by atoms with Gasteiger partial charge in [0, 0.05) is 25.1 Å². The number of aromatic nitrogens is 1. The number of benzene rings is 2. The number of rotatable bonds is 8. The number of sulfonamides is 1. The van der Waals surface area contributed by atoms with Gasteiger partial charge >= 0.3 is 0 Å². The summed E-state index contributed by atoms with van der Waals surface area (Å²) in [6.45, 7) is 2.41. The van der Waals surface area contributed by atoms with Crippen LogP contribution < -0.4 is 20.1 Å². The summed E-state index contributed by atoms with van der Waals surface area (Å²) < 4.78 is 33.9. The van der Waals surface area contributed by atoms with Crippen LogP contribution in [0.25, 0.3) is 10.2 Å². The molecule has 4 rings (SSSR count). The molecule has 2 heterocycles. The summed E-state index contributed by atoms with van der Waals surface area (Å²) in [5, 5.41) is 5.87. The molecule has 0 fully saturated rings.